The lowest BCUT2D eigenvalue weighted by molar-refractivity contribution is -0.124. The number of aromatic nitrogens is 1. The molecule has 0 radical (unpaired) electrons. The molecule has 0 aliphatic carbocycles. The number of likely N-dealkylation sites (tertiary alicyclic amines) is 1. The van der Waals surface area contributed by atoms with Crippen molar-refractivity contribution in [3.8, 4) is 0 Å². The van der Waals surface area contributed by atoms with Crippen molar-refractivity contribution in [3.05, 3.63) is 46.2 Å². The van der Waals surface area contributed by atoms with Gasteiger partial charge in [0.2, 0.25) is 5.91 Å². The first-order chi connectivity index (χ1) is 11.5. The molecular formula is C17H20N4O3. The second kappa shape index (κ2) is 6.45. The number of nitrogens with two attached hydrogens (primary N) is 1. The van der Waals surface area contributed by atoms with E-state index in [9.17, 15) is 14.4 Å². The van der Waals surface area contributed by atoms with Gasteiger partial charge in [-0.1, -0.05) is 12.1 Å². The van der Waals surface area contributed by atoms with Crippen LogP contribution in [0.15, 0.2) is 35.1 Å². The van der Waals surface area contributed by atoms with Gasteiger partial charge in [0.15, 0.2) is 5.43 Å². The number of carbonyl (C=O) groups is 2. The first-order valence-corrected chi connectivity index (χ1v) is 7.97. The van der Waals surface area contributed by atoms with Gasteiger partial charge in [0.05, 0.1) is 0 Å². The number of amides is 2. The Balaban J connectivity index is 1.95. The third-order valence-electron chi connectivity index (χ3n) is 4.22. The van der Waals surface area contributed by atoms with Crippen LogP contribution in [-0.4, -0.2) is 46.9 Å². The van der Waals surface area contributed by atoms with E-state index in [-0.39, 0.29) is 35.5 Å². The number of nitrogens with zero attached hydrogens (tertiary/aromatic N) is 1. The first kappa shape index (κ1) is 16.2. The van der Waals surface area contributed by atoms with E-state index in [1.165, 1.54) is 11.0 Å². The Labute approximate surface area is 138 Å². The molecule has 1 aliphatic rings. The van der Waals surface area contributed by atoms with Crippen molar-refractivity contribution in [3.63, 3.8) is 0 Å². The Kier molecular flexibility index (Phi) is 4.35. The molecule has 3 rings (SSSR count). The molecule has 126 valence electrons. The highest BCUT2D eigenvalue weighted by atomic mass is 16.2. The van der Waals surface area contributed by atoms with Gasteiger partial charge in [0, 0.05) is 36.1 Å². The van der Waals surface area contributed by atoms with Gasteiger partial charge in [-0.05, 0) is 25.5 Å². The molecule has 0 bridgehead atoms. The van der Waals surface area contributed by atoms with Crippen LogP contribution in [0.1, 0.15) is 23.8 Å². The third-order valence-corrected chi connectivity index (χ3v) is 4.22. The lowest BCUT2D eigenvalue weighted by Gasteiger charge is -2.23. The molecule has 7 heteroatoms. The highest BCUT2D eigenvalue weighted by molar-refractivity contribution is 5.98. The summed E-state index contributed by atoms with van der Waals surface area (Å²) in [7, 11) is 0. The van der Waals surface area contributed by atoms with E-state index in [0.717, 1.165) is 0 Å². The van der Waals surface area contributed by atoms with Gasteiger partial charge >= 0.3 is 0 Å². The molecule has 0 unspecified atom stereocenters. The molecule has 2 heterocycles. The zero-order valence-electron chi connectivity index (χ0n) is 13.4. The zero-order valence-corrected chi connectivity index (χ0v) is 13.4. The minimum atomic E-state index is -0.609. The lowest BCUT2D eigenvalue weighted by Crippen LogP contribution is -2.46. The van der Waals surface area contributed by atoms with Gasteiger partial charge < -0.3 is 20.9 Å². The quantitative estimate of drug-likeness (QED) is 0.748. The van der Waals surface area contributed by atoms with Crippen molar-refractivity contribution in [2.75, 3.05) is 13.1 Å². The molecule has 24 heavy (non-hydrogen) atoms. The summed E-state index contributed by atoms with van der Waals surface area (Å²) in [6.45, 7) is 2.59. The number of hydrogen-bond acceptors (Lipinski definition) is 4. The predicted molar refractivity (Wildman–Crippen MR) is 90.7 cm³/mol. The van der Waals surface area contributed by atoms with Gasteiger partial charge in [-0.15, -0.1) is 0 Å². The van der Waals surface area contributed by atoms with Crippen LogP contribution in [0.3, 0.4) is 0 Å². The van der Waals surface area contributed by atoms with Crippen molar-refractivity contribution < 1.29 is 9.59 Å². The molecule has 0 spiro atoms. The van der Waals surface area contributed by atoms with Gasteiger partial charge in [-0.2, -0.15) is 0 Å². The highest BCUT2D eigenvalue weighted by Gasteiger charge is 2.38. The number of aromatic amines is 1. The maximum atomic E-state index is 12.8. The van der Waals surface area contributed by atoms with E-state index in [4.69, 9.17) is 5.73 Å². The fourth-order valence-electron chi connectivity index (χ4n) is 3.10. The summed E-state index contributed by atoms with van der Waals surface area (Å²) in [4.78, 5) is 41.6. The van der Waals surface area contributed by atoms with Gasteiger partial charge in [-0.3, -0.25) is 14.4 Å². The number of hydrogen-bond donors (Lipinski definition) is 3. The molecule has 1 aliphatic heterocycles. The molecule has 7 nitrogen and oxygen atoms in total. The summed E-state index contributed by atoms with van der Waals surface area (Å²) >= 11 is 0. The van der Waals surface area contributed by atoms with Crippen LogP contribution in [0.25, 0.3) is 10.9 Å². The van der Waals surface area contributed by atoms with Crippen LogP contribution in [0, 0.1) is 0 Å². The normalized spacial score (nSPS) is 20.3. The smallest absolute Gasteiger partial charge is 0.271 e. The number of pyridine rings is 1. The minimum Gasteiger partial charge on any atom is -0.355 e. The molecule has 1 aromatic heterocycles. The standard InChI is InChI=1S/C17H20N4O3/c1-2-19-16(23)14-7-10(18)9-21(14)17(24)13-8-15(22)11-5-3-4-6-12(11)20-13/h3-6,8,10,14H,2,7,9,18H2,1H3,(H,19,23)(H,20,22)/t10-,14+/m1/s1. The summed E-state index contributed by atoms with van der Waals surface area (Å²) in [5.74, 6) is -0.607. The number of nitrogens with one attached hydrogen (secondary N) is 2. The van der Waals surface area contributed by atoms with Crippen molar-refractivity contribution in [2.24, 2.45) is 5.73 Å². The van der Waals surface area contributed by atoms with Crippen molar-refractivity contribution >= 4 is 22.7 Å². The molecule has 0 saturated carbocycles. The molecule has 2 atom stereocenters. The SMILES string of the molecule is CCNC(=O)[C@@H]1C[C@@H](N)CN1C(=O)c1cc(=O)c2ccccc2[nH]1. The topological polar surface area (TPSA) is 108 Å². The van der Waals surface area contributed by atoms with Crippen molar-refractivity contribution in [1.29, 1.82) is 0 Å². The Bertz CT molecular complexity index is 845. The molecule has 4 N–H and O–H groups in total. The largest absolute Gasteiger partial charge is 0.355 e. The number of H-pyrrole nitrogens is 1. The van der Waals surface area contributed by atoms with Crippen LogP contribution in [0.2, 0.25) is 0 Å². The molecule has 2 aromatic rings. The van der Waals surface area contributed by atoms with Gasteiger partial charge in [0.25, 0.3) is 5.91 Å². The second-order valence-corrected chi connectivity index (χ2v) is 5.96. The number of carbonyl (C=O) groups excluding carboxylic acids is 2. The fourth-order valence-corrected chi connectivity index (χ4v) is 3.10. The Morgan fingerprint density at radius 1 is 1.38 bits per heavy atom. The van der Waals surface area contributed by atoms with Gasteiger partial charge in [-0.25, -0.2) is 0 Å². The predicted octanol–water partition coefficient (Wildman–Crippen LogP) is 0.206. The van der Waals surface area contributed by atoms with E-state index in [2.05, 4.69) is 10.3 Å². The molecule has 1 saturated heterocycles. The van der Waals surface area contributed by atoms with Crippen LogP contribution >= 0.6 is 0 Å². The number of likely N-dealkylation sites (N-methyl/N-ethyl adjacent to an activating group) is 1. The van der Waals surface area contributed by atoms with Crippen LogP contribution in [-0.2, 0) is 4.79 Å². The zero-order chi connectivity index (χ0) is 17.3. The monoisotopic (exact) mass is 328 g/mol. The fraction of sp³-hybridized carbons (Fsp3) is 0.353. The second-order valence-electron chi connectivity index (χ2n) is 5.96. The summed E-state index contributed by atoms with van der Waals surface area (Å²) in [6.07, 6.45) is 0.412. The number of rotatable bonds is 3. The summed E-state index contributed by atoms with van der Waals surface area (Å²) < 4.78 is 0. The van der Waals surface area contributed by atoms with Gasteiger partial charge in [0.1, 0.15) is 11.7 Å². The Morgan fingerprint density at radius 3 is 2.88 bits per heavy atom. The maximum absolute atomic E-state index is 12.8. The van der Waals surface area contributed by atoms with E-state index in [1.807, 2.05) is 6.92 Å². The average molecular weight is 328 g/mol. The number of fused-ring (bicyclic) bond motifs is 1. The maximum Gasteiger partial charge on any atom is 0.271 e. The van der Waals surface area contributed by atoms with E-state index >= 15 is 0 Å². The average Bonchev–Trinajstić information content (AvgIpc) is 2.96. The molecular weight excluding hydrogens is 308 g/mol. The Morgan fingerprint density at radius 2 is 2.12 bits per heavy atom. The molecule has 1 aromatic carbocycles. The third kappa shape index (κ3) is 2.90. The molecule has 1 fully saturated rings. The summed E-state index contributed by atoms with van der Waals surface area (Å²) in [5.41, 5.74) is 6.47. The van der Waals surface area contributed by atoms with Crippen LogP contribution < -0.4 is 16.5 Å². The number of para-hydroxylation sites is 1. The molecule has 2 amide bonds. The summed E-state index contributed by atoms with van der Waals surface area (Å²) in [6, 6.07) is 7.41. The number of benzene rings is 1. The van der Waals surface area contributed by atoms with E-state index in [0.29, 0.717) is 23.9 Å². The van der Waals surface area contributed by atoms with Crippen molar-refractivity contribution in [2.45, 2.75) is 25.4 Å². The van der Waals surface area contributed by atoms with E-state index in [1.54, 1.807) is 24.3 Å². The summed E-state index contributed by atoms with van der Waals surface area (Å²) in [5, 5.41) is 3.25. The van der Waals surface area contributed by atoms with E-state index < -0.39 is 6.04 Å². The van der Waals surface area contributed by atoms with Crippen molar-refractivity contribution in [1.82, 2.24) is 15.2 Å². The Hall–Kier alpha value is -2.67. The first-order valence-electron chi connectivity index (χ1n) is 7.97. The highest BCUT2D eigenvalue weighted by Crippen LogP contribution is 2.20. The van der Waals surface area contributed by atoms with Crippen LogP contribution in [0.5, 0.6) is 0 Å². The van der Waals surface area contributed by atoms with Crippen LogP contribution in [0.4, 0.5) is 0 Å². The lowest BCUT2D eigenvalue weighted by atomic mass is 10.1. The minimum absolute atomic E-state index is 0.169.